The third-order valence-corrected chi connectivity index (χ3v) is 2.64. The first-order valence-electron chi connectivity index (χ1n) is 5.94. The van der Waals surface area contributed by atoms with Crippen LogP contribution in [-0.4, -0.2) is 23.6 Å². The van der Waals surface area contributed by atoms with Crippen LogP contribution in [0.25, 0.3) is 0 Å². The van der Waals surface area contributed by atoms with E-state index in [9.17, 15) is 0 Å². The number of ether oxygens (including phenoxy) is 1. The molecule has 5 nitrogen and oxygen atoms in total. The van der Waals surface area contributed by atoms with Crippen molar-refractivity contribution in [2.24, 2.45) is 0 Å². The first kappa shape index (κ1) is 12.3. The summed E-state index contributed by atoms with van der Waals surface area (Å²) in [5.74, 6) is 1.78. The van der Waals surface area contributed by atoms with Gasteiger partial charge in [-0.05, 0) is 12.5 Å². The van der Waals surface area contributed by atoms with Crippen LogP contribution < -0.4 is 15.8 Å². The molecule has 5 heteroatoms. The lowest BCUT2D eigenvalue weighted by Crippen LogP contribution is -2.04. The number of aromatic amines is 1. The van der Waals surface area contributed by atoms with Crippen molar-refractivity contribution in [3.8, 4) is 5.75 Å². The van der Waals surface area contributed by atoms with E-state index in [1.807, 2.05) is 18.3 Å². The van der Waals surface area contributed by atoms with Crippen LogP contribution in [0.4, 0.5) is 11.4 Å². The lowest BCUT2D eigenvalue weighted by atomic mass is 10.2. The molecule has 1 heterocycles. The molecule has 96 valence electrons. The Morgan fingerprint density at radius 2 is 2.28 bits per heavy atom. The molecule has 0 radical (unpaired) electrons. The Labute approximate surface area is 106 Å². The van der Waals surface area contributed by atoms with Gasteiger partial charge in [0, 0.05) is 48.9 Å². The molecule has 0 bridgehead atoms. The second-order valence-corrected chi connectivity index (χ2v) is 4.06. The van der Waals surface area contributed by atoms with Crippen molar-refractivity contribution in [1.29, 1.82) is 0 Å². The second-order valence-electron chi connectivity index (χ2n) is 4.06. The number of nitrogen functional groups attached to an aromatic ring is 1. The monoisotopic (exact) mass is 246 g/mol. The van der Waals surface area contributed by atoms with E-state index in [2.05, 4.69) is 15.3 Å². The largest absolute Gasteiger partial charge is 0.497 e. The van der Waals surface area contributed by atoms with Crippen molar-refractivity contribution in [2.45, 2.75) is 12.8 Å². The average Bonchev–Trinajstić information content (AvgIpc) is 2.87. The molecule has 1 aromatic heterocycles. The number of hydrogen-bond acceptors (Lipinski definition) is 4. The molecule has 0 amide bonds. The van der Waals surface area contributed by atoms with Crippen LogP contribution in [0.1, 0.15) is 12.2 Å². The second kappa shape index (κ2) is 5.95. The average molecular weight is 246 g/mol. The van der Waals surface area contributed by atoms with E-state index < -0.39 is 0 Å². The van der Waals surface area contributed by atoms with Crippen LogP contribution in [0.15, 0.2) is 30.6 Å². The third kappa shape index (κ3) is 3.41. The number of imidazole rings is 1. The zero-order valence-corrected chi connectivity index (χ0v) is 10.4. The SMILES string of the molecule is COc1cc(N)cc(NCCCc2ncc[nH]2)c1. The molecule has 0 aliphatic rings. The fourth-order valence-corrected chi connectivity index (χ4v) is 1.77. The zero-order valence-electron chi connectivity index (χ0n) is 10.4. The quantitative estimate of drug-likeness (QED) is 0.538. The van der Waals surface area contributed by atoms with Crippen LogP contribution >= 0.6 is 0 Å². The molecule has 0 atom stereocenters. The summed E-state index contributed by atoms with van der Waals surface area (Å²) in [6.07, 6.45) is 5.54. The molecule has 0 spiro atoms. The Bertz CT molecular complexity index is 482. The van der Waals surface area contributed by atoms with Gasteiger partial charge in [0.2, 0.25) is 0 Å². The van der Waals surface area contributed by atoms with Crippen LogP contribution in [-0.2, 0) is 6.42 Å². The number of methoxy groups -OCH3 is 1. The van der Waals surface area contributed by atoms with Gasteiger partial charge in [-0.25, -0.2) is 4.98 Å². The number of nitrogens with one attached hydrogen (secondary N) is 2. The molecule has 0 saturated heterocycles. The summed E-state index contributed by atoms with van der Waals surface area (Å²) in [4.78, 5) is 7.26. The highest BCUT2D eigenvalue weighted by Crippen LogP contribution is 2.22. The van der Waals surface area contributed by atoms with E-state index in [0.29, 0.717) is 5.69 Å². The number of nitrogens with zero attached hydrogens (tertiary/aromatic N) is 1. The summed E-state index contributed by atoms with van der Waals surface area (Å²) in [7, 11) is 1.63. The minimum Gasteiger partial charge on any atom is -0.497 e. The highest BCUT2D eigenvalue weighted by molar-refractivity contribution is 5.59. The standard InChI is InChI=1S/C13H18N4O/c1-18-12-8-10(14)7-11(9-12)15-4-2-3-13-16-5-6-17-13/h5-9,15H,2-4,14H2,1H3,(H,16,17). The molecule has 2 aromatic rings. The molecule has 0 aliphatic heterocycles. The maximum absolute atomic E-state index is 5.78. The molecule has 18 heavy (non-hydrogen) atoms. The summed E-state index contributed by atoms with van der Waals surface area (Å²) < 4.78 is 5.17. The van der Waals surface area contributed by atoms with Gasteiger partial charge in [-0.15, -0.1) is 0 Å². The van der Waals surface area contributed by atoms with Gasteiger partial charge >= 0.3 is 0 Å². The molecule has 0 saturated carbocycles. The van der Waals surface area contributed by atoms with Gasteiger partial charge in [-0.2, -0.15) is 0 Å². The fraction of sp³-hybridized carbons (Fsp3) is 0.308. The van der Waals surface area contributed by atoms with Gasteiger partial charge < -0.3 is 20.8 Å². The normalized spacial score (nSPS) is 10.3. The van der Waals surface area contributed by atoms with Crippen LogP contribution in [0.5, 0.6) is 5.75 Å². The molecule has 0 fully saturated rings. The van der Waals surface area contributed by atoms with E-state index in [1.54, 1.807) is 19.4 Å². The predicted octanol–water partition coefficient (Wildman–Crippen LogP) is 2.05. The Morgan fingerprint density at radius 1 is 1.39 bits per heavy atom. The highest BCUT2D eigenvalue weighted by Gasteiger charge is 1.99. The first-order chi connectivity index (χ1) is 8.78. The lowest BCUT2D eigenvalue weighted by Gasteiger charge is -2.09. The van der Waals surface area contributed by atoms with E-state index in [-0.39, 0.29) is 0 Å². The van der Waals surface area contributed by atoms with Crippen molar-refractivity contribution in [3.05, 3.63) is 36.4 Å². The third-order valence-electron chi connectivity index (χ3n) is 2.64. The number of rotatable bonds is 6. The van der Waals surface area contributed by atoms with Gasteiger partial charge in [-0.1, -0.05) is 0 Å². The van der Waals surface area contributed by atoms with Gasteiger partial charge in [0.15, 0.2) is 0 Å². The summed E-state index contributed by atoms with van der Waals surface area (Å²) in [5.41, 5.74) is 7.46. The minimum absolute atomic E-state index is 0.697. The molecule has 4 N–H and O–H groups in total. The van der Waals surface area contributed by atoms with Gasteiger partial charge in [0.05, 0.1) is 7.11 Å². The number of aryl methyl sites for hydroxylation is 1. The number of aromatic nitrogens is 2. The topological polar surface area (TPSA) is 76.0 Å². The molecule has 1 aromatic carbocycles. The minimum atomic E-state index is 0.697. The Hall–Kier alpha value is -2.17. The Morgan fingerprint density at radius 3 is 3.00 bits per heavy atom. The zero-order chi connectivity index (χ0) is 12.8. The van der Waals surface area contributed by atoms with E-state index in [4.69, 9.17) is 10.5 Å². The van der Waals surface area contributed by atoms with E-state index >= 15 is 0 Å². The van der Waals surface area contributed by atoms with Crippen molar-refractivity contribution in [3.63, 3.8) is 0 Å². The number of nitrogens with two attached hydrogens (primary N) is 1. The van der Waals surface area contributed by atoms with E-state index in [1.165, 1.54) is 0 Å². The predicted molar refractivity (Wildman–Crippen MR) is 72.8 cm³/mol. The van der Waals surface area contributed by atoms with Crippen molar-refractivity contribution in [1.82, 2.24) is 9.97 Å². The van der Waals surface area contributed by atoms with Gasteiger partial charge in [-0.3, -0.25) is 0 Å². The lowest BCUT2D eigenvalue weighted by molar-refractivity contribution is 0.415. The van der Waals surface area contributed by atoms with Crippen LogP contribution in [0, 0.1) is 0 Å². The summed E-state index contributed by atoms with van der Waals surface area (Å²) in [6, 6.07) is 5.63. The number of H-pyrrole nitrogens is 1. The summed E-state index contributed by atoms with van der Waals surface area (Å²) in [6.45, 7) is 0.868. The van der Waals surface area contributed by atoms with Crippen molar-refractivity contribution < 1.29 is 4.74 Å². The molecule has 0 unspecified atom stereocenters. The number of benzene rings is 1. The smallest absolute Gasteiger partial charge is 0.122 e. The number of hydrogen-bond donors (Lipinski definition) is 3. The maximum atomic E-state index is 5.78. The summed E-state index contributed by atoms with van der Waals surface area (Å²) in [5, 5.41) is 3.32. The Balaban J connectivity index is 1.81. The van der Waals surface area contributed by atoms with Crippen molar-refractivity contribution >= 4 is 11.4 Å². The fourth-order valence-electron chi connectivity index (χ4n) is 1.77. The Kier molecular flexibility index (Phi) is 4.06. The summed E-state index contributed by atoms with van der Waals surface area (Å²) >= 11 is 0. The van der Waals surface area contributed by atoms with Gasteiger partial charge in [0.25, 0.3) is 0 Å². The first-order valence-corrected chi connectivity index (χ1v) is 5.94. The van der Waals surface area contributed by atoms with Crippen LogP contribution in [0.3, 0.4) is 0 Å². The van der Waals surface area contributed by atoms with Gasteiger partial charge in [0.1, 0.15) is 11.6 Å². The molecule has 2 rings (SSSR count). The molecular formula is C13H18N4O. The maximum Gasteiger partial charge on any atom is 0.122 e. The molecular weight excluding hydrogens is 228 g/mol. The van der Waals surface area contributed by atoms with E-state index in [0.717, 1.165) is 36.6 Å². The number of anilines is 2. The molecule has 0 aliphatic carbocycles. The van der Waals surface area contributed by atoms with Crippen molar-refractivity contribution in [2.75, 3.05) is 24.7 Å². The van der Waals surface area contributed by atoms with Crippen LogP contribution in [0.2, 0.25) is 0 Å². The highest BCUT2D eigenvalue weighted by atomic mass is 16.5.